The lowest BCUT2D eigenvalue weighted by Crippen LogP contribution is -2.30. The van der Waals surface area contributed by atoms with Gasteiger partial charge in [-0.3, -0.25) is 9.59 Å². The zero-order chi connectivity index (χ0) is 13.3. The Hall–Kier alpha value is -1.84. The molecule has 96 valence electrons. The Labute approximate surface area is 107 Å². The molecule has 1 aliphatic heterocycles. The van der Waals surface area contributed by atoms with Gasteiger partial charge in [0.1, 0.15) is 0 Å². The third kappa shape index (κ3) is 2.23. The Kier molecular flexibility index (Phi) is 3.36. The summed E-state index contributed by atoms with van der Waals surface area (Å²) in [6.07, 6.45) is 0.298. The van der Waals surface area contributed by atoms with Crippen molar-refractivity contribution in [3.8, 4) is 0 Å². The van der Waals surface area contributed by atoms with Crippen molar-refractivity contribution in [2.75, 3.05) is 18.5 Å². The second kappa shape index (κ2) is 4.80. The molecule has 4 heteroatoms. The average molecular weight is 246 g/mol. The largest absolute Gasteiger partial charge is 0.359 e. The quantitative estimate of drug-likeness (QED) is 0.857. The molecule has 0 aliphatic carbocycles. The van der Waals surface area contributed by atoms with Crippen molar-refractivity contribution >= 4 is 17.5 Å². The summed E-state index contributed by atoms with van der Waals surface area (Å²) >= 11 is 0. The predicted octanol–water partition coefficient (Wildman–Crippen LogP) is 1.40. The molecule has 1 atom stereocenters. The van der Waals surface area contributed by atoms with Gasteiger partial charge >= 0.3 is 0 Å². The predicted molar refractivity (Wildman–Crippen MR) is 70.4 cm³/mol. The first-order valence-electron chi connectivity index (χ1n) is 6.12. The van der Waals surface area contributed by atoms with E-state index in [9.17, 15) is 9.59 Å². The Bertz CT molecular complexity index is 497. The lowest BCUT2D eigenvalue weighted by molar-refractivity contribution is -0.125. The number of anilines is 1. The van der Waals surface area contributed by atoms with Gasteiger partial charge < -0.3 is 10.2 Å². The first-order valence-corrected chi connectivity index (χ1v) is 6.12. The third-order valence-corrected chi connectivity index (χ3v) is 3.54. The molecule has 2 rings (SSSR count). The topological polar surface area (TPSA) is 49.4 Å². The SMILES string of the molecule is CNC(=O)C1CC(=O)N(c2ccc(C)c(C)c2)C1. The molecule has 4 nitrogen and oxygen atoms in total. The maximum atomic E-state index is 11.9. The minimum absolute atomic E-state index is 0.0202. The summed E-state index contributed by atoms with van der Waals surface area (Å²) in [4.78, 5) is 25.2. The van der Waals surface area contributed by atoms with Crippen LogP contribution in [0.25, 0.3) is 0 Å². The van der Waals surface area contributed by atoms with Crippen LogP contribution in [0.1, 0.15) is 17.5 Å². The van der Waals surface area contributed by atoms with E-state index in [0.717, 1.165) is 11.3 Å². The van der Waals surface area contributed by atoms with E-state index in [1.807, 2.05) is 32.0 Å². The van der Waals surface area contributed by atoms with Gasteiger partial charge in [-0.1, -0.05) is 6.07 Å². The highest BCUT2D eigenvalue weighted by atomic mass is 16.2. The van der Waals surface area contributed by atoms with Crippen molar-refractivity contribution in [3.05, 3.63) is 29.3 Å². The summed E-state index contributed by atoms with van der Waals surface area (Å²) in [7, 11) is 1.60. The molecule has 1 fully saturated rings. The third-order valence-electron chi connectivity index (χ3n) is 3.54. The van der Waals surface area contributed by atoms with Crippen LogP contribution < -0.4 is 10.2 Å². The normalized spacial score (nSPS) is 19.2. The van der Waals surface area contributed by atoms with E-state index in [0.29, 0.717) is 13.0 Å². The maximum absolute atomic E-state index is 11.9. The van der Waals surface area contributed by atoms with Gasteiger partial charge in [0.25, 0.3) is 0 Å². The summed E-state index contributed by atoms with van der Waals surface area (Å²) in [5.74, 6) is -0.273. The van der Waals surface area contributed by atoms with Crippen LogP contribution in [0.5, 0.6) is 0 Å². The Morgan fingerprint density at radius 3 is 2.67 bits per heavy atom. The summed E-state index contributed by atoms with van der Waals surface area (Å²) in [5, 5.41) is 2.60. The fourth-order valence-electron chi connectivity index (χ4n) is 2.23. The first-order chi connectivity index (χ1) is 8.52. The van der Waals surface area contributed by atoms with Crippen molar-refractivity contribution in [1.29, 1.82) is 0 Å². The van der Waals surface area contributed by atoms with E-state index < -0.39 is 0 Å². The molecule has 1 saturated heterocycles. The molecule has 2 amide bonds. The maximum Gasteiger partial charge on any atom is 0.227 e. The fraction of sp³-hybridized carbons (Fsp3) is 0.429. The number of hydrogen-bond donors (Lipinski definition) is 1. The molecule has 0 saturated carbocycles. The zero-order valence-electron chi connectivity index (χ0n) is 11.0. The van der Waals surface area contributed by atoms with Crippen LogP contribution in [-0.2, 0) is 9.59 Å². The van der Waals surface area contributed by atoms with Crippen LogP contribution in [-0.4, -0.2) is 25.4 Å². The second-order valence-electron chi connectivity index (χ2n) is 4.79. The van der Waals surface area contributed by atoms with E-state index in [1.54, 1.807) is 11.9 Å². The number of nitrogens with one attached hydrogen (secondary N) is 1. The van der Waals surface area contributed by atoms with Crippen molar-refractivity contribution in [2.24, 2.45) is 5.92 Å². The molecule has 0 bridgehead atoms. The molecular formula is C14H18N2O2. The Morgan fingerprint density at radius 2 is 2.06 bits per heavy atom. The molecule has 1 aliphatic rings. The minimum Gasteiger partial charge on any atom is -0.359 e. The number of nitrogens with zero attached hydrogens (tertiary/aromatic N) is 1. The standard InChI is InChI=1S/C14H18N2O2/c1-9-4-5-12(6-10(9)2)16-8-11(7-13(16)17)14(18)15-3/h4-6,11H,7-8H2,1-3H3,(H,15,18). The van der Waals surface area contributed by atoms with Crippen molar-refractivity contribution < 1.29 is 9.59 Å². The molecule has 0 aromatic heterocycles. The fourth-order valence-corrected chi connectivity index (χ4v) is 2.23. The van der Waals surface area contributed by atoms with Crippen LogP contribution in [0.4, 0.5) is 5.69 Å². The number of carbonyl (C=O) groups excluding carboxylic acids is 2. The van der Waals surface area contributed by atoms with Gasteiger partial charge in [-0.25, -0.2) is 0 Å². The molecule has 1 N–H and O–H groups in total. The first kappa shape index (κ1) is 12.6. The molecule has 1 unspecified atom stereocenters. The molecule has 18 heavy (non-hydrogen) atoms. The Morgan fingerprint density at radius 1 is 1.33 bits per heavy atom. The summed E-state index contributed by atoms with van der Waals surface area (Å²) in [5.41, 5.74) is 3.24. The van der Waals surface area contributed by atoms with Gasteiger partial charge in [-0.15, -0.1) is 0 Å². The van der Waals surface area contributed by atoms with E-state index >= 15 is 0 Å². The monoisotopic (exact) mass is 246 g/mol. The number of amides is 2. The van der Waals surface area contributed by atoms with Crippen LogP contribution in [0, 0.1) is 19.8 Å². The van der Waals surface area contributed by atoms with E-state index in [1.165, 1.54) is 5.56 Å². The molecule has 1 aromatic carbocycles. The van der Waals surface area contributed by atoms with Gasteiger partial charge in [0.05, 0.1) is 5.92 Å². The number of hydrogen-bond acceptors (Lipinski definition) is 2. The smallest absolute Gasteiger partial charge is 0.227 e. The van der Waals surface area contributed by atoms with Gasteiger partial charge in [-0.05, 0) is 37.1 Å². The van der Waals surface area contributed by atoms with Crippen molar-refractivity contribution in [3.63, 3.8) is 0 Å². The highest BCUT2D eigenvalue weighted by molar-refractivity contribution is 6.00. The highest BCUT2D eigenvalue weighted by Crippen LogP contribution is 2.26. The highest BCUT2D eigenvalue weighted by Gasteiger charge is 2.34. The van der Waals surface area contributed by atoms with Gasteiger partial charge in [0.15, 0.2) is 0 Å². The summed E-state index contributed by atoms with van der Waals surface area (Å²) in [6.45, 7) is 4.54. The van der Waals surface area contributed by atoms with Crippen LogP contribution in [0.3, 0.4) is 0 Å². The number of rotatable bonds is 2. The average Bonchev–Trinajstić information content (AvgIpc) is 2.74. The molecule has 1 aromatic rings. The lowest BCUT2D eigenvalue weighted by Gasteiger charge is -2.17. The molecule has 1 heterocycles. The van der Waals surface area contributed by atoms with Gasteiger partial charge in [-0.2, -0.15) is 0 Å². The Balaban J connectivity index is 2.21. The molecule has 0 spiro atoms. The number of aryl methyl sites for hydroxylation is 2. The van der Waals surface area contributed by atoms with Gasteiger partial charge in [0.2, 0.25) is 11.8 Å². The number of benzene rings is 1. The second-order valence-corrected chi connectivity index (χ2v) is 4.79. The minimum atomic E-state index is -0.232. The van der Waals surface area contributed by atoms with E-state index in [-0.39, 0.29) is 17.7 Å². The molecule has 0 radical (unpaired) electrons. The van der Waals surface area contributed by atoms with E-state index in [4.69, 9.17) is 0 Å². The van der Waals surface area contributed by atoms with E-state index in [2.05, 4.69) is 5.32 Å². The molecular weight excluding hydrogens is 228 g/mol. The zero-order valence-corrected chi connectivity index (χ0v) is 11.0. The van der Waals surface area contributed by atoms with Crippen molar-refractivity contribution in [1.82, 2.24) is 5.32 Å². The van der Waals surface area contributed by atoms with Crippen LogP contribution >= 0.6 is 0 Å². The van der Waals surface area contributed by atoms with Crippen LogP contribution in [0.2, 0.25) is 0 Å². The summed E-state index contributed by atoms with van der Waals surface area (Å²) < 4.78 is 0. The van der Waals surface area contributed by atoms with Crippen LogP contribution in [0.15, 0.2) is 18.2 Å². The number of carbonyl (C=O) groups is 2. The van der Waals surface area contributed by atoms with Gasteiger partial charge in [0, 0.05) is 25.7 Å². The lowest BCUT2D eigenvalue weighted by atomic mass is 10.1. The van der Waals surface area contributed by atoms with Crippen molar-refractivity contribution in [2.45, 2.75) is 20.3 Å². The summed E-state index contributed by atoms with van der Waals surface area (Å²) in [6, 6.07) is 5.94.